The summed E-state index contributed by atoms with van der Waals surface area (Å²) in [5.74, 6) is -0.108. The highest BCUT2D eigenvalue weighted by Gasteiger charge is 2.69. The van der Waals surface area contributed by atoms with Gasteiger partial charge in [0, 0.05) is 53.2 Å². The van der Waals surface area contributed by atoms with E-state index >= 15 is 0 Å². The molecule has 2 saturated heterocycles. The first-order valence-electron chi connectivity index (χ1n) is 11.0. The molecule has 3 aromatic rings. The van der Waals surface area contributed by atoms with Crippen LogP contribution in [0.4, 0.5) is 11.4 Å². The molecule has 0 radical (unpaired) electrons. The van der Waals surface area contributed by atoms with E-state index in [2.05, 4.69) is 15.2 Å². The van der Waals surface area contributed by atoms with Crippen molar-refractivity contribution in [2.75, 3.05) is 16.9 Å². The van der Waals surface area contributed by atoms with Crippen LogP contribution in [-0.2, 0) is 10.3 Å². The summed E-state index contributed by atoms with van der Waals surface area (Å²) in [5.41, 5.74) is 1.45. The second kappa shape index (κ2) is 7.75. The van der Waals surface area contributed by atoms with Gasteiger partial charge in [-0.1, -0.05) is 36.4 Å². The Kier molecular flexibility index (Phi) is 4.79. The van der Waals surface area contributed by atoms with Crippen LogP contribution in [0.25, 0.3) is 0 Å². The van der Waals surface area contributed by atoms with Gasteiger partial charge in [-0.2, -0.15) is 0 Å². The topological polar surface area (TPSA) is 105 Å². The molecule has 1 amide bonds. The summed E-state index contributed by atoms with van der Waals surface area (Å²) in [6, 6.07) is 19.0. The van der Waals surface area contributed by atoms with Crippen molar-refractivity contribution in [3.8, 4) is 0 Å². The second-order valence-electron chi connectivity index (χ2n) is 8.73. The van der Waals surface area contributed by atoms with Gasteiger partial charge in [-0.15, -0.1) is 11.8 Å². The molecule has 0 saturated carbocycles. The molecule has 0 unspecified atom stereocenters. The molecule has 0 bridgehead atoms. The summed E-state index contributed by atoms with van der Waals surface area (Å²) in [4.78, 5) is 45.3. The zero-order valence-electron chi connectivity index (χ0n) is 18.0. The van der Waals surface area contributed by atoms with Crippen molar-refractivity contribution in [2.45, 2.75) is 17.5 Å². The molecule has 1 N–H and O–H groups in total. The van der Waals surface area contributed by atoms with Crippen molar-refractivity contribution in [1.29, 1.82) is 0 Å². The number of nitrogens with zero attached hydrogens (tertiary/aromatic N) is 3. The number of thioether (sulfide) groups is 1. The number of hydrogen-bond donors (Lipinski definition) is 1. The average molecular weight is 473 g/mol. The number of amides is 1. The number of fused-ring (bicyclic) bond motifs is 4. The fraction of sp³-hybridized carbons (Fsp3) is 0.240. The Morgan fingerprint density at radius 3 is 2.62 bits per heavy atom. The lowest BCUT2D eigenvalue weighted by Crippen LogP contribution is -2.52. The van der Waals surface area contributed by atoms with Crippen LogP contribution in [-0.4, -0.2) is 44.2 Å². The van der Waals surface area contributed by atoms with Crippen LogP contribution >= 0.6 is 11.8 Å². The molecular formula is C25H20N4O4S. The number of ketones is 1. The Morgan fingerprint density at radius 2 is 1.88 bits per heavy atom. The Morgan fingerprint density at radius 1 is 1.12 bits per heavy atom. The number of carbonyl (C=O) groups is 2. The van der Waals surface area contributed by atoms with E-state index in [-0.39, 0.29) is 29.3 Å². The van der Waals surface area contributed by atoms with Crippen molar-refractivity contribution in [2.24, 2.45) is 5.92 Å². The van der Waals surface area contributed by atoms with Crippen molar-refractivity contribution in [3.05, 3.63) is 99.9 Å². The molecule has 6 rings (SSSR count). The number of anilines is 1. The van der Waals surface area contributed by atoms with Gasteiger partial charge < -0.3 is 5.32 Å². The highest BCUT2D eigenvalue weighted by atomic mass is 32.2. The quantitative estimate of drug-likeness (QED) is 0.350. The first-order valence-corrected chi connectivity index (χ1v) is 12.1. The zero-order valence-corrected chi connectivity index (χ0v) is 18.8. The number of aromatic nitrogens is 1. The Labute approximate surface area is 199 Å². The largest absolute Gasteiger partial charge is 0.324 e. The van der Waals surface area contributed by atoms with Crippen LogP contribution < -0.4 is 5.32 Å². The van der Waals surface area contributed by atoms with Crippen LogP contribution in [0.3, 0.4) is 0 Å². The van der Waals surface area contributed by atoms with Crippen LogP contribution in [0.1, 0.15) is 27.5 Å². The van der Waals surface area contributed by atoms with E-state index in [4.69, 9.17) is 0 Å². The number of nitro groups is 1. The van der Waals surface area contributed by atoms with Crippen molar-refractivity contribution < 1.29 is 14.5 Å². The molecule has 34 heavy (non-hydrogen) atoms. The number of Topliss-reactive ketones (excluding diaryl/α,β-unsaturated/α-hetero) is 1. The number of nitro benzene ring substituents is 1. The third-order valence-corrected chi connectivity index (χ3v) is 8.25. The number of pyridine rings is 1. The van der Waals surface area contributed by atoms with Crippen LogP contribution in [0.5, 0.6) is 0 Å². The standard InChI is InChI=1S/C25H20N4O4S/c30-23(19-7-3-4-12-26-19)22-21(15-8-10-16(11-9-15)29(32)33)20-13-34-14-28(20)25(22)17-5-1-2-6-18(17)27-24(25)31/h1-12,20-22H,13-14H2,(H,27,31)/t20-,21-,22-,25+/m0/s1. The first-order chi connectivity index (χ1) is 16.5. The maximum atomic E-state index is 14.2. The Balaban J connectivity index is 1.59. The molecule has 170 valence electrons. The average Bonchev–Trinajstić information content (AvgIpc) is 3.52. The number of rotatable bonds is 4. The van der Waals surface area contributed by atoms with Gasteiger partial charge in [0.15, 0.2) is 5.78 Å². The summed E-state index contributed by atoms with van der Waals surface area (Å²) in [6.45, 7) is 0. The minimum atomic E-state index is -1.17. The summed E-state index contributed by atoms with van der Waals surface area (Å²) < 4.78 is 0. The highest BCUT2D eigenvalue weighted by Crippen LogP contribution is 2.61. The molecular weight excluding hydrogens is 452 g/mol. The number of nitrogens with one attached hydrogen (secondary N) is 1. The zero-order chi connectivity index (χ0) is 23.4. The fourth-order valence-corrected chi connectivity index (χ4v) is 7.22. The predicted molar refractivity (Wildman–Crippen MR) is 128 cm³/mol. The summed E-state index contributed by atoms with van der Waals surface area (Å²) >= 11 is 1.73. The molecule has 8 nitrogen and oxygen atoms in total. The molecule has 0 aliphatic carbocycles. The molecule has 1 aromatic heterocycles. The van der Waals surface area contributed by atoms with Gasteiger partial charge in [0.2, 0.25) is 5.91 Å². The molecule has 4 atom stereocenters. The van der Waals surface area contributed by atoms with E-state index in [0.717, 1.165) is 16.9 Å². The van der Waals surface area contributed by atoms with E-state index < -0.39 is 16.4 Å². The highest BCUT2D eigenvalue weighted by molar-refractivity contribution is 7.99. The maximum absolute atomic E-state index is 14.2. The summed E-state index contributed by atoms with van der Waals surface area (Å²) in [5, 5.41) is 14.3. The smallest absolute Gasteiger partial charge is 0.269 e. The van der Waals surface area contributed by atoms with Crippen LogP contribution in [0, 0.1) is 16.0 Å². The van der Waals surface area contributed by atoms with Crippen molar-refractivity contribution in [1.82, 2.24) is 9.88 Å². The van der Waals surface area contributed by atoms with Gasteiger partial charge in [0.05, 0.1) is 10.8 Å². The number of para-hydroxylation sites is 1. The maximum Gasteiger partial charge on any atom is 0.269 e. The lowest BCUT2D eigenvalue weighted by atomic mass is 9.70. The van der Waals surface area contributed by atoms with E-state index in [1.54, 1.807) is 48.3 Å². The predicted octanol–water partition coefficient (Wildman–Crippen LogP) is 3.81. The van der Waals surface area contributed by atoms with Crippen molar-refractivity contribution >= 4 is 34.8 Å². The number of carbonyl (C=O) groups excluding carboxylic acids is 2. The van der Waals surface area contributed by atoms with Gasteiger partial charge >= 0.3 is 0 Å². The van der Waals surface area contributed by atoms with Gasteiger partial charge in [-0.3, -0.25) is 29.6 Å². The Bertz CT molecular complexity index is 1320. The number of hydrogen-bond acceptors (Lipinski definition) is 7. The molecule has 2 aromatic carbocycles. The molecule has 1 spiro atoms. The number of benzene rings is 2. The minimum absolute atomic E-state index is 0.00864. The molecule has 3 aliphatic heterocycles. The van der Waals surface area contributed by atoms with E-state index in [9.17, 15) is 19.7 Å². The van der Waals surface area contributed by atoms with Gasteiger partial charge in [0.1, 0.15) is 11.2 Å². The Hall–Kier alpha value is -3.56. The van der Waals surface area contributed by atoms with E-state index in [0.29, 0.717) is 17.3 Å². The van der Waals surface area contributed by atoms with Crippen LogP contribution in [0.15, 0.2) is 72.9 Å². The first kappa shape index (κ1) is 21.0. The van der Waals surface area contributed by atoms with Crippen molar-refractivity contribution in [3.63, 3.8) is 0 Å². The fourth-order valence-electron chi connectivity index (χ4n) is 5.89. The monoisotopic (exact) mass is 472 g/mol. The number of non-ortho nitro benzene ring substituents is 1. The molecule has 4 heterocycles. The van der Waals surface area contributed by atoms with E-state index in [1.807, 2.05) is 24.3 Å². The third-order valence-electron chi connectivity index (χ3n) is 7.22. The summed E-state index contributed by atoms with van der Waals surface area (Å²) in [7, 11) is 0. The SMILES string of the molecule is O=C(c1ccccn1)[C@@H]1[C@@H](c2ccc([N+](=O)[O-])cc2)[C@@H]2CSCN2[C@@]12C(=O)Nc1ccccc12. The minimum Gasteiger partial charge on any atom is -0.324 e. The van der Waals surface area contributed by atoms with Crippen LogP contribution in [0.2, 0.25) is 0 Å². The lowest BCUT2D eigenvalue weighted by molar-refractivity contribution is -0.384. The van der Waals surface area contributed by atoms with E-state index in [1.165, 1.54) is 12.1 Å². The van der Waals surface area contributed by atoms with Gasteiger partial charge in [-0.05, 0) is 23.8 Å². The van der Waals surface area contributed by atoms with Gasteiger partial charge in [-0.25, -0.2) is 0 Å². The molecule has 3 aliphatic rings. The summed E-state index contributed by atoms with van der Waals surface area (Å²) in [6.07, 6.45) is 1.58. The van der Waals surface area contributed by atoms with Gasteiger partial charge in [0.25, 0.3) is 5.69 Å². The normalized spacial score (nSPS) is 27.4. The molecule has 2 fully saturated rings. The molecule has 9 heteroatoms. The lowest BCUT2D eigenvalue weighted by Gasteiger charge is -2.36. The third kappa shape index (κ3) is 2.80. The second-order valence-corrected chi connectivity index (χ2v) is 9.73.